The number of benzene rings is 1. The van der Waals surface area contributed by atoms with Crippen molar-refractivity contribution >= 4 is 0 Å². The number of aliphatic hydroxyl groups is 1. The van der Waals surface area contributed by atoms with Crippen molar-refractivity contribution in [2.75, 3.05) is 13.2 Å². The minimum absolute atomic E-state index is 0.190. The van der Waals surface area contributed by atoms with Gasteiger partial charge in [-0.05, 0) is 48.9 Å². The number of rotatable bonds is 5. The van der Waals surface area contributed by atoms with Gasteiger partial charge in [0.1, 0.15) is 5.82 Å². The van der Waals surface area contributed by atoms with E-state index in [2.05, 4.69) is 5.32 Å². The van der Waals surface area contributed by atoms with Crippen molar-refractivity contribution in [3.63, 3.8) is 0 Å². The van der Waals surface area contributed by atoms with Crippen LogP contribution in [-0.4, -0.2) is 18.3 Å². The average Bonchev–Trinajstić information content (AvgIpc) is 2.79. The van der Waals surface area contributed by atoms with Crippen molar-refractivity contribution in [2.24, 2.45) is 11.8 Å². The van der Waals surface area contributed by atoms with E-state index in [1.807, 2.05) is 0 Å². The van der Waals surface area contributed by atoms with Crippen LogP contribution in [0.1, 0.15) is 24.8 Å². The molecule has 2 nitrogen and oxygen atoms in total. The predicted molar refractivity (Wildman–Crippen MR) is 66.0 cm³/mol. The first-order valence-electron chi connectivity index (χ1n) is 6.35. The van der Waals surface area contributed by atoms with Gasteiger partial charge in [-0.25, -0.2) is 4.39 Å². The Morgan fingerprint density at radius 2 is 1.88 bits per heavy atom. The van der Waals surface area contributed by atoms with Crippen LogP contribution in [0.3, 0.4) is 0 Å². The molecule has 1 aromatic carbocycles. The second-order valence-corrected chi connectivity index (χ2v) is 4.89. The number of hydrogen-bond donors (Lipinski definition) is 2. The SMILES string of the molecule is OCC1CCCC1CNCc1ccc(F)cc1. The average molecular weight is 237 g/mol. The Balaban J connectivity index is 1.74. The molecule has 3 heteroatoms. The molecule has 0 radical (unpaired) electrons. The summed E-state index contributed by atoms with van der Waals surface area (Å²) >= 11 is 0. The smallest absolute Gasteiger partial charge is 0.123 e. The van der Waals surface area contributed by atoms with Gasteiger partial charge in [-0.3, -0.25) is 0 Å². The summed E-state index contributed by atoms with van der Waals surface area (Å²) in [5.41, 5.74) is 1.10. The molecule has 1 aliphatic rings. The third kappa shape index (κ3) is 3.51. The Kier molecular flexibility index (Phi) is 4.51. The Labute approximate surface area is 102 Å². The Morgan fingerprint density at radius 1 is 1.18 bits per heavy atom. The van der Waals surface area contributed by atoms with Crippen LogP contribution >= 0.6 is 0 Å². The van der Waals surface area contributed by atoms with Gasteiger partial charge in [-0.2, -0.15) is 0 Å². The van der Waals surface area contributed by atoms with Gasteiger partial charge in [-0.15, -0.1) is 0 Å². The van der Waals surface area contributed by atoms with Gasteiger partial charge < -0.3 is 10.4 Å². The molecule has 1 fully saturated rings. The molecule has 2 rings (SSSR count). The zero-order chi connectivity index (χ0) is 12.1. The first kappa shape index (κ1) is 12.5. The molecule has 0 aliphatic heterocycles. The molecule has 0 amide bonds. The summed E-state index contributed by atoms with van der Waals surface area (Å²) in [6.45, 7) is 2.03. The maximum absolute atomic E-state index is 12.7. The lowest BCUT2D eigenvalue weighted by molar-refractivity contribution is 0.192. The van der Waals surface area contributed by atoms with Gasteiger partial charge >= 0.3 is 0 Å². The van der Waals surface area contributed by atoms with Crippen LogP contribution < -0.4 is 5.32 Å². The summed E-state index contributed by atoms with van der Waals surface area (Å²) in [6.07, 6.45) is 3.59. The summed E-state index contributed by atoms with van der Waals surface area (Å²) < 4.78 is 12.7. The molecule has 17 heavy (non-hydrogen) atoms. The molecule has 94 valence electrons. The topological polar surface area (TPSA) is 32.3 Å². The van der Waals surface area contributed by atoms with E-state index in [4.69, 9.17) is 0 Å². The fraction of sp³-hybridized carbons (Fsp3) is 0.571. The molecule has 0 heterocycles. The molecule has 2 N–H and O–H groups in total. The number of nitrogens with one attached hydrogen (secondary N) is 1. The first-order chi connectivity index (χ1) is 8.29. The van der Waals surface area contributed by atoms with E-state index in [0.717, 1.165) is 25.1 Å². The maximum Gasteiger partial charge on any atom is 0.123 e. The normalized spacial score (nSPS) is 24.1. The second kappa shape index (κ2) is 6.12. The highest BCUT2D eigenvalue weighted by Crippen LogP contribution is 2.30. The van der Waals surface area contributed by atoms with Crippen molar-refractivity contribution in [3.8, 4) is 0 Å². The van der Waals surface area contributed by atoms with Gasteiger partial charge in [0, 0.05) is 13.2 Å². The summed E-state index contributed by atoms with van der Waals surface area (Å²) in [4.78, 5) is 0. The standard InChI is InChI=1S/C14H20FNO/c15-14-6-4-11(5-7-14)8-16-9-12-2-1-3-13(12)10-17/h4-7,12-13,16-17H,1-3,8-10H2. The van der Waals surface area contributed by atoms with Crippen molar-refractivity contribution in [1.82, 2.24) is 5.32 Å². The number of hydrogen-bond acceptors (Lipinski definition) is 2. The minimum Gasteiger partial charge on any atom is -0.396 e. The lowest BCUT2D eigenvalue weighted by Gasteiger charge is -2.17. The molecule has 0 saturated heterocycles. The van der Waals surface area contributed by atoms with Gasteiger partial charge in [0.15, 0.2) is 0 Å². The molecule has 0 spiro atoms. The fourth-order valence-electron chi connectivity index (χ4n) is 2.63. The van der Waals surface area contributed by atoms with Crippen LogP contribution in [-0.2, 0) is 6.54 Å². The van der Waals surface area contributed by atoms with E-state index >= 15 is 0 Å². The van der Waals surface area contributed by atoms with E-state index in [9.17, 15) is 9.50 Å². The van der Waals surface area contributed by atoms with Crippen LogP contribution in [0.25, 0.3) is 0 Å². The van der Waals surface area contributed by atoms with Gasteiger partial charge in [-0.1, -0.05) is 18.6 Å². The van der Waals surface area contributed by atoms with Crippen LogP contribution in [0.5, 0.6) is 0 Å². The molecule has 2 unspecified atom stereocenters. The molecule has 2 atom stereocenters. The highest BCUT2D eigenvalue weighted by atomic mass is 19.1. The lowest BCUT2D eigenvalue weighted by Crippen LogP contribution is -2.26. The quantitative estimate of drug-likeness (QED) is 0.823. The zero-order valence-electron chi connectivity index (χ0n) is 10.0. The molecule has 1 aliphatic carbocycles. The molecular formula is C14H20FNO. The van der Waals surface area contributed by atoms with Crippen molar-refractivity contribution in [1.29, 1.82) is 0 Å². The van der Waals surface area contributed by atoms with Gasteiger partial charge in [0.2, 0.25) is 0 Å². The van der Waals surface area contributed by atoms with Crippen molar-refractivity contribution in [3.05, 3.63) is 35.6 Å². The van der Waals surface area contributed by atoms with E-state index in [1.54, 1.807) is 12.1 Å². The number of halogens is 1. The Morgan fingerprint density at radius 3 is 2.59 bits per heavy atom. The van der Waals surface area contributed by atoms with Crippen LogP contribution in [0.4, 0.5) is 4.39 Å². The van der Waals surface area contributed by atoms with E-state index < -0.39 is 0 Å². The van der Waals surface area contributed by atoms with Gasteiger partial charge in [0.25, 0.3) is 0 Å². The van der Waals surface area contributed by atoms with E-state index in [0.29, 0.717) is 18.4 Å². The van der Waals surface area contributed by atoms with Gasteiger partial charge in [0.05, 0.1) is 0 Å². The highest BCUT2D eigenvalue weighted by Gasteiger charge is 2.25. The largest absolute Gasteiger partial charge is 0.396 e. The van der Waals surface area contributed by atoms with Crippen molar-refractivity contribution < 1.29 is 9.50 Å². The fourth-order valence-corrected chi connectivity index (χ4v) is 2.63. The molecule has 0 bridgehead atoms. The second-order valence-electron chi connectivity index (χ2n) is 4.89. The Bertz CT molecular complexity index is 339. The third-order valence-corrected chi connectivity index (χ3v) is 3.70. The molecule has 0 aromatic heterocycles. The van der Waals surface area contributed by atoms with Crippen LogP contribution in [0.15, 0.2) is 24.3 Å². The van der Waals surface area contributed by atoms with E-state index in [-0.39, 0.29) is 5.82 Å². The first-order valence-corrected chi connectivity index (χ1v) is 6.35. The minimum atomic E-state index is -0.190. The van der Waals surface area contributed by atoms with E-state index in [1.165, 1.54) is 25.0 Å². The van der Waals surface area contributed by atoms with Crippen molar-refractivity contribution in [2.45, 2.75) is 25.8 Å². The summed E-state index contributed by atoms with van der Waals surface area (Å²) in [5, 5.41) is 12.6. The predicted octanol–water partition coefficient (Wildman–Crippen LogP) is 2.32. The molecule has 1 saturated carbocycles. The summed E-state index contributed by atoms with van der Waals surface area (Å²) in [6, 6.07) is 6.59. The van der Waals surface area contributed by atoms with Crippen LogP contribution in [0.2, 0.25) is 0 Å². The monoisotopic (exact) mass is 237 g/mol. The maximum atomic E-state index is 12.7. The summed E-state index contributed by atoms with van der Waals surface area (Å²) in [7, 11) is 0. The Hall–Kier alpha value is -0.930. The number of aliphatic hydroxyl groups excluding tert-OH is 1. The summed E-state index contributed by atoms with van der Waals surface area (Å²) in [5.74, 6) is 0.876. The molecular weight excluding hydrogens is 217 g/mol. The highest BCUT2D eigenvalue weighted by molar-refractivity contribution is 5.15. The van der Waals surface area contributed by atoms with Crippen LogP contribution in [0, 0.1) is 17.7 Å². The molecule has 1 aromatic rings. The third-order valence-electron chi connectivity index (χ3n) is 3.70. The lowest BCUT2D eigenvalue weighted by atomic mass is 9.97. The zero-order valence-corrected chi connectivity index (χ0v) is 10.0.